The monoisotopic (exact) mass is 776 g/mol. The minimum Gasteiger partial charge on any atom is -0.400 e. The summed E-state index contributed by atoms with van der Waals surface area (Å²) in [5, 5.41) is 28.0. The number of ether oxygens (including phenoxy) is 8. The largest absolute Gasteiger partial charge is 0.400 e. The Labute approximate surface area is 454 Å². The standard InChI is InChI=1S/8C2H6O.4CH4O.7Ar/c8*1-3-2;4*1-2;;;;;;;/h8*1-2H3;4*2H,1H3;;;;;;;. The number of hydrogen-bond donors (Lipinski definition) is 4. The van der Waals surface area contributed by atoms with E-state index in [9.17, 15) is 0 Å². The minimum absolute atomic E-state index is 0. The van der Waals surface area contributed by atoms with Crippen LogP contribution in [-0.2, 0) is 37.9 Å². The summed E-state index contributed by atoms with van der Waals surface area (Å²) in [5.74, 6) is 0. The predicted molar refractivity (Wildman–Crippen MR) is 136 cm³/mol. The number of aliphatic hydroxyl groups is 4. The molecule has 0 atom stereocenters. The van der Waals surface area contributed by atoms with E-state index < -0.39 is 0 Å². The van der Waals surface area contributed by atoms with Gasteiger partial charge in [0.25, 0.3) is 0 Å². The molecule has 0 spiro atoms. The molecule has 19 heteroatoms. The van der Waals surface area contributed by atoms with Gasteiger partial charge in [0.05, 0.1) is 0 Å². The van der Waals surface area contributed by atoms with Crippen molar-refractivity contribution in [1.29, 1.82) is 0 Å². The smallest absolute Gasteiger partial charge is 0.0351 e. The molecule has 0 aliphatic heterocycles. The van der Waals surface area contributed by atoms with Crippen LogP contribution in [0.1, 0.15) is 0 Å². The first-order valence-electron chi connectivity index (χ1n) is 8.32. The van der Waals surface area contributed by atoms with Crippen molar-refractivity contribution >= 4 is 0 Å². The summed E-state index contributed by atoms with van der Waals surface area (Å²) in [6, 6.07) is 0. The average molecular weight is 776 g/mol. The molecule has 4 N–H and O–H groups in total. The molecule has 0 saturated heterocycles. The van der Waals surface area contributed by atoms with Crippen molar-refractivity contribution in [3.05, 3.63) is 0 Å². The van der Waals surface area contributed by atoms with Gasteiger partial charge in [0.1, 0.15) is 0 Å². The van der Waals surface area contributed by atoms with Crippen LogP contribution in [0.3, 0.4) is 0 Å². The molecule has 0 saturated carbocycles. The van der Waals surface area contributed by atoms with Crippen molar-refractivity contribution in [3.8, 4) is 0 Å². The van der Waals surface area contributed by atoms with E-state index in [1.54, 1.807) is 114 Å². The Morgan fingerprint density at radius 2 is 0.179 bits per heavy atom. The van der Waals surface area contributed by atoms with Crippen LogP contribution in [0.25, 0.3) is 0 Å². The fourth-order valence-electron chi connectivity index (χ4n) is 0. The third-order valence-corrected chi connectivity index (χ3v) is 0. The van der Waals surface area contributed by atoms with E-state index in [0.717, 1.165) is 28.4 Å². The van der Waals surface area contributed by atoms with Gasteiger partial charge in [-0.25, -0.2) is 0 Å². The number of hydrogen-bond acceptors (Lipinski definition) is 12. The third-order valence-electron chi connectivity index (χ3n) is 0. The molecule has 0 rings (SSSR count). The van der Waals surface area contributed by atoms with E-state index in [1.165, 1.54) is 0 Å². The van der Waals surface area contributed by atoms with Crippen molar-refractivity contribution in [2.24, 2.45) is 0 Å². The zero-order valence-corrected chi connectivity index (χ0v) is 32.5. The van der Waals surface area contributed by atoms with Gasteiger partial charge < -0.3 is 58.3 Å². The van der Waals surface area contributed by atoms with Gasteiger partial charge in [-0.3, -0.25) is 0 Å². The summed E-state index contributed by atoms with van der Waals surface area (Å²) in [4.78, 5) is 0. The molecule has 0 unspecified atom stereocenters. The van der Waals surface area contributed by atoms with Gasteiger partial charge in [-0.05, 0) is 0 Å². The minimum atomic E-state index is 0. The van der Waals surface area contributed by atoms with Crippen LogP contribution in [0.15, 0.2) is 0 Å². The Balaban J connectivity index is -0.00000000650. The Bertz CT molecular complexity index is 81.0. The normalized spacial score (nSPS) is 4.31. The molecule has 0 bridgehead atoms. The molecule has 0 aliphatic carbocycles. The Kier molecular flexibility index (Phi) is 1160. The van der Waals surface area contributed by atoms with E-state index in [1.807, 2.05) is 0 Å². The molecular formula is C20H64Ar7O12. The summed E-state index contributed by atoms with van der Waals surface area (Å²) in [7, 11) is 30.0. The molecule has 0 aromatic rings. The van der Waals surface area contributed by atoms with Gasteiger partial charge in [-0.2, -0.15) is 0 Å². The summed E-state index contributed by atoms with van der Waals surface area (Å²) in [5.41, 5.74) is 0. The Morgan fingerprint density at radius 3 is 0.179 bits per heavy atom. The van der Waals surface area contributed by atoms with Crippen LogP contribution < -0.4 is 0 Å². The summed E-state index contributed by atoms with van der Waals surface area (Å²) >= 11 is 0. The molecule has 12 nitrogen and oxygen atoms in total. The van der Waals surface area contributed by atoms with Crippen molar-refractivity contribution in [3.63, 3.8) is 0 Å². The number of rotatable bonds is 0. The van der Waals surface area contributed by atoms with Crippen LogP contribution in [0, 0.1) is 264 Å². The second-order valence-electron chi connectivity index (χ2n) is 3.27. The van der Waals surface area contributed by atoms with Gasteiger partial charge >= 0.3 is 0 Å². The maximum absolute atomic E-state index is 7.00. The van der Waals surface area contributed by atoms with Crippen LogP contribution in [0.2, 0.25) is 0 Å². The van der Waals surface area contributed by atoms with Crippen molar-refractivity contribution in [1.82, 2.24) is 0 Å². The van der Waals surface area contributed by atoms with Gasteiger partial charge in [-0.1, -0.05) is 0 Å². The molecule has 0 amide bonds. The van der Waals surface area contributed by atoms with Gasteiger partial charge in [-0.15, -0.1) is 0 Å². The van der Waals surface area contributed by atoms with E-state index in [0.29, 0.717) is 0 Å². The van der Waals surface area contributed by atoms with E-state index in [2.05, 4.69) is 37.9 Å². The van der Waals surface area contributed by atoms with E-state index >= 15 is 0 Å². The molecule has 0 fully saturated rings. The predicted octanol–water partition coefficient (Wildman–Crippen LogP) is 0.535. The van der Waals surface area contributed by atoms with E-state index in [4.69, 9.17) is 20.4 Å². The van der Waals surface area contributed by atoms with Crippen LogP contribution in [0.4, 0.5) is 0 Å². The molecule has 0 aliphatic rings. The van der Waals surface area contributed by atoms with E-state index in [-0.39, 0.29) is 264 Å². The fraction of sp³-hybridized carbons (Fsp3) is 1.00. The first kappa shape index (κ1) is 127. The quantitative estimate of drug-likeness (QED) is 0.272. The van der Waals surface area contributed by atoms with Gasteiger partial charge in [0, 0.05) is 406 Å². The summed E-state index contributed by atoms with van der Waals surface area (Å²) in [6.45, 7) is 0. The molecule has 272 valence electrons. The molecule has 39 heavy (non-hydrogen) atoms. The molecule has 0 aromatic heterocycles. The van der Waals surface area contributed by atoms with Crippen molar-refractivity contribution in [2.45, 2.75) is 0 Å². The average Bonchev–Trinajstić information content (AvgIpc) is 2.78. The zero-order valence-electron chi connectivity index (χ0n) is 27.5. The second-order valence-corrected chi connectivity index (χ2v) is 3.27. The SMILES string of the molecule is CO.CO.CO.CO.COC.COC.COC.COC.COC.COC.COC.COC.[Ar].[Ar].[Ar].[Ar].[Ar].[Ar].[Ar]. The Hall–Kier alpha value is 8.34. The first-order chi connectivity index (χ1) is 15.3. The Morgan fingerprint density at radius 1 is 0.179 bits per heavy atom. The summed E-state index contributed by atoms with van der Waals surface area (Å²) < 4.78 is 34.0. The van der Waals surface area contributed by atoms with Crippen LogP contribution in [-0.4, -0.2) is 163 Å². The second kappa shape index (κ2) is 357. The topological polar surface area (TPSA) is 155 Å². The van der Waals surface area contributed by atoms with Crippen LogP contribution in [0.5, 0.6) is 0 Å². The van der Waals surface area contributed by atoms with Gasteiger partial charge in [0.15, 0.2) is 0 Å². The molecule has 0 aromatic carbocycles. The van der Waals surface area contributed by atoms with Crippen molar-refractivity contribution in [2.75, 3.05) is 142 Å². The third kappa shape index (κ3) is 1310. The summed E-state index contributed by atoms with van der Waals surface area (Å²) in [6.07, 6.45) is 0. The maximum Gasteiger partial charge on any atom is 0.0351 e. The molecule has 0 radical (unpaired) electrons. The van der Waals surface area contributed by atoms with Gasteiger partial charge in [0.2, 0.25) is 0 Å². The molecular weight excluding hydrogens is 712 g/mol. The number of methoxy groups -OCH3 is 8. The number of aliphatic hydroxyl groups excluding tert-OH is 4. The molecule has 0 heterocycles. The van der Waals surface area contributed by atoms with Crippen LogP contribution >= 0.6 is 0 Å². The first-order valence-corrected chi connectivity index (χ1v) is 8.32. The maximum atomic E-state index is 7.00. The fourth-order valence-corrected chi connectivity index (χ4v) is 0. The zero-order chi connectivity index (χ0) is 29.7. The van der Waals surface area contributed by atoms with Crippen molar-refractivity contribution < 1.29 is 322 Å².